The Morgan fingerprint density at radius 3 is 2.90 bits per heavy atom. The van der Waals surface area contributed by atoms with Crippen molar-refractivity contribution < 1.29 is 14.6 Å². The number of hydrogen-bond donors (Lipinski definition) is 2. The van der Waals surface area contributed by atoms with Crippen LogP contribution in [0.4, 0.5) is 5.69 Å². The predicted octanol–water partition coefficient (Wildman–Crippen LogP) is 4.24. The molecule has 152 valence electrons. The van der Waals surface area contributed by atoms with Crippen LogP contribution >= 0.6 is 24.0 Å². The second-order valence-electron chi connectivity index (χ2n) is 6.97. The van der Waals surface area contributed by atoms with E-state index in [1.807, 2.05) is 42.5 Å². The topological polar surface area (TPSA) is 88.8 Å². The summed E-state index contributed by atoms with van der Waals surface area (Å²) in [5.74, 6) is 1.22. The average molecular weight is 440 g/mol. The molecule has 2 N–H and O–H groups in total. The lowest BCUT2D eigenvalue weighted by atomic mass is 10.0. The van der Waals surface area contributed by atoms with E-state index in [-0.39, 0.29) is 28.3 Å². The van der Waals surface area contributed by atoms with Gasteiger partial charge < -0.3 is 14.6 Å². The molecule has 30 heavy (non-hydrogen) atoms. The number of aromatic nitrogens is 2. The van der Waals surface area contributed by atoms with Crippen LogP contribution < -0.4 is 15.0 Å². The molecule has 0 fully saturated rings. The highest BCUT2D eigenvalue weighted by molar-refractivity contribution is 7.99. The Bertz CT molecular complexity index is 1310. The standard InChI is InChI=1S/C21H17N3O4S2/c1-24-20(26)18(19(25)23-21(24)29)13-9-17(30-16-5-3-2-4-12(16)22-13)11-6-7-14-15(8-11)28-10-27-14/h2-8,17,26H,9-10H2,1H3,(H,23,25,29)/t17-/m0/s1. The van der Waals surface area contributed by atoms with E-state index >= 15 is 0 Å². The molecule has 0 spiro atoms. The van der Waals surface area contributed by atoms with E-state index < -0.39 is 5.56 Å². The Hall–Kier alpha value is -3.04. The van der Waals surface area contributed by atoms with Crippen molar-refractivity contribution in [3.63, 3.8) is 0 Å². The first-order chi connectivity index (χ1) is 14.5. The summed E-state index contributed by atoms with van der Waals surface area (Å²) in [6.45, 7) is 0.208. The van der Waals surface area contributed by atoms with Crippen LogP contribution in [0.15, 0.2) is 57.1 Å². The maximum Gasteiger partial charge on any atom is 0.264 e. The van der Waals surface area contributed by atoms with Crippen LogP contribution in [0.5, 0.6) is 17.4 Å². The van der Waals surface area contributed by atoms with E-state index in [1.165, 1.54) is 4.57 Å². The second-order valence-corrected chi connectivity index (χ2v) is 8.60. The first kappa shape index (κ1) is 19.0. The molecule has 3 aromatic rings. The van der Waals surface area contributed by atoms with Gasteiger partial charge in [0.05, 0.1) is 11.4 Å². The number of aliphatic imine (C=N–C) groups is 1. The van der Waals surface area contributed by atoms with Crippen LogP contribution in [0.25, 0.3) is 0 Å². The Balaban J connectivity index is 1.66. The minimum absolute atomic E-state index is 0.0471. The van der Waals surface area contributed by atoms with Gasteiger partial charge in [0.15, 0.2) is 16.3 Å². The van der Waals surface area contributed by atoms with Crippen molar-refractivity contribution in [1.82, 2.24) is 9.55 Å². The number of rotatable bonds is 2. The summed E-state index contributed by atoms with van der Waals surface area (Å²) in [6, 6.07) is 13.6. The third-order valence-corrected chi connectivity index (χ3v) is 6.82. The summed E-state index contributed by atoms with van der Waals surface area (Å²) in [5.41, 5.74) is 1.95. The van der Waals surface area contributed by atoms with Crippen molar-refractivity contribution in [3.05, 3.63) is 68.7 Å². The van der Waals surface area contributed by atoms with Crippen molar-refractivity contribution in [2.75, 3.05) is 6.79 Å². The van der Waals surface area contributed by atoms with Gasteiger partial charge in [-0.15, -0.1) is 11.8 Å². The van der Waals surface area contributed by atoms with Gasteiger partial charge in [-0.3, -0.25) is 19.3 Å². The number of aromatic amines is 1. The number of fused-ring (bicyclic) bond motifs is 2. The number of ether oxygens (including phenoxy) is 2. The van der Waals surface area contributed by atoms with E-state index in [0.29, 0.717) is 23.6 Å². The predicted molar refractivity (Wildman–Crippen MR) is 117 cm³/mol. The zero-order valence-electron chi connectivity index (χ0n) is 15.9. The SMILES string of the molecule is Cn1c(O)c(C2=Nc3ccccc3S[C@H](c3ccc4c(c3)OCO4)C2)c(=O)[nH]c1=S. The van der Waals surface area contributed by atoms with Gasteiger partial charge in [0.1, 0.15) is 5.56 Å². The smallest absolute Gasteiger partial charge is 0.264 e. The number of thioether (sulfide) groups is 1. The maximum atomic E-state index is 12.7. The molecule has 5 rings (SSSR count). The van der Waals surface area contributed by atoms with Crippen LogP contribution in [0.1, 0.15) is 22.8 Å². The van der Waals surface area contributed by atoms with Crippen LogP contribution in [0, 0.1) is 4.77 Å². The maximum absolute atomic E-state index is 12.7. The monoisotopic (exact) mass is 439 g/mol. The number of hydrogen-bond acceptors (Lipinski definition) is 7. The molecule has 0 saturated carbocycles. The molecule has 7 nitrogen and oxygen atoms in total. The van der Waals surface area contributed by atoms with Gasteiger partial charge in [0.25, 0.3) is 5.56 Å². The minimum Gasteiger partial charge on any atom is -0.494 e. The normalized spacial score (nSPS) is 17.2. The highest BCUT2D eigenvalue weighted by Crippen LogP contribution is 2.47. The van der Waals surface area contributed by atoms with Crippen LogP contribution in [-0.2, 0) is 7.05 Å². The van der Waals surface area contributed by atoms with E-state index in [9.17, 15) is 9.90 Å². The Morgan fingerprint density at radius 2 is 2.03 bits per heavy atom. The summed E-state index contributed by atoms with van der Waals surface area (Å²) in [6.07, 6.45) is 0.437. The van der Waals surface area contributed by atoms with Gasteiger partial charge in [-0.1, -0.05) is 18.2 Å². The zero-order valence-corrected chi connectivity index (χ0v) is 17.5. The molecule has 0 radical (unpaired) electrons. The first-order valence-electron chi connectivity index (χ1n) is 9.26. The third kappa shape index (κ3) is 3.20. The number of benzene rings is 2. The minimum atomic E-state index is -0.455. The molecular weight excluding hydrogens is 422 g/mol. The molecule has 0 bridgehead atoms. The quantitative estimate of drug-likeness (QED) is 0.581. The average Bonchev–Trinajstić information content (AvgIpc) is 3.12. The fraction of sp³-hybridized carbons (Fsp3) is 0.190. The summed E-state index contributed by atoms with van der Waals surface area (Å²) < 4.78 is 12.5. The van der Waals surface area contributed by atoms with Gasteiger partial charge in [-0.05, 0) is 42.0 Å². The van der Waals surface area contributed by atoms with Gasteiger partial charge >= 0.3 is 0 Å². The van der Waals surface area contributed by atoms with Gasteiger partial charge in [-0.2, -0.15) is 0 Å². The van der Waals surface area contributed by atoms with Crippen molar-refractivity contribution in [3.8, 4) is 17.4 Å². The fourth-order valence-corrected chi connectivity index (χ4v) is 4.94. The summed E-state index contributed by atoms with van der Waals surface area (Å²) in [4.78, 5) is 21.1. The van der Waals surface area contributed by atoms with Gasteiger partial charge in [-0.25, -0.2) is 0 Å². The summed E-state index contributed by atoms with van der Waals surface area (Å²) in [5, 5.41) is 10.6. The zero-order chi connectivity index (χ0) is 20.8. The fourth-order valence-electron chi connectivity index (χ4n) is 3.54. The van der Waals surface area contributed by atoms with E-state index in [4.69, 9.17) is 26.7 Å². The van der Waals surface area contributed by atoms with Crippen LogP contribution in [0.2, 0.25) is 0 Å². The molecule has 0 saturated heterocycles. The molecule has 3 heterocycles. The molecule has 9 heteroatoms. The van der Waals surface area contributed by atoms with Crippen LogP contribution in [0.3, 0.4) is 0 Å². The largest absolute Gasteiger partial charge is 0.494 e. The Morgan fingerprint density at radius 1 is 1.23 bits per heavy atom. The lowest BCUT2D eigenvalue weighted by Crippen LogP contribution is -2.23. The molecule has 1 atom stereocenters. The van der Waals surface area contributed by atoms with E-state index in [0.717, 1.165) is 16.1 Å². The first-order valence-corrected chi connectivity index (χ1v) is 10.6. The van der Waals surface area contributed by atoms with E-state index in [2.05, 4.69) is 4.98 Å². The van der Waals surface area contributed by atoms with Crippen molar-refractivity contribution in [2.45, 2.75) is 16.6 Å². The molecule has 0 aliphatic carbocycles. The Labute approximate surface area is 181 Å². The van der Waals surface area contributed by atoms with Gasteiger partial charge in [0.2, 0.25) is 12.7 Å². The molecule has 2 aliphatic rings. The van der Waals surface area contributed by atoms with E-state index in [1.54, 1.807) is 18.8 Å². The second kappa shape index (κ2) is 7.33. The number of nitrogens with zero attached hydrogens (tertiary/aromatic N) is 2. The van der Waals surface area contributed by atoms with Gasteiger partial charge in [0, 0.05) is 23.6 Å². The summed E-state index contributed by atoms with van der Waals surface area (Å²) in [7, 11) is 1.60. The highest BCUT2D eigenvalue weighted by atomic mass is 32.2. The lowest BCUT2D eigenvalue weighted by Gasteiger charge is -2.17. The molecule has 2 aromatic carbocycles. The number of aromatic hydroxyl groups is 1. The number of nitrogens with one attached hydrogen (secondary N) is 1. The Kier molecular flexibility index (Phi) is 4.63. The molecule has 0 unspecified atom stereocenters. The lowest BCUT2D eigenvalue weighted by molar-refractivity contribution is 0.174. The molecule has 0 amide bonds. The number of H-pyrrole nitrogens is 1. The summed E-state index contributed by atoms with van der Waals surface area (Å²) >= 11 is 6.76. The number of para-hydroxylation sites is 1. The van der Waals surface area contributed by atoms with Crippen molar-refractivity contribution in [1.29, 1.82) is 0 Å². The third-order valence-electron chi connectivity index (χ3n) is 5.12. The molecule has 2 aliphatic heterocycles. The highest BCUT2D eigenvalue weighted by Gasteiger charge is 2.27. The molecular formula is C21H17N3O4S2. The van der Waals surface area contributed by atoms with Crippen LogP contribution in [-0.4, -0.2) is 27.2 Å². The molecule has 1 aromatic heterocycles. The van der Waals surface area contributed by atoms with Crippen molar-refractivity contribution >= 4 is 35.4 Å². The van der Waals surface area contributed by atoms with Crippen molar-refractivity contribution in [2.24, 2.45) is 12.0 Å².